The van der Waals surface area contributed by atoms with Crippen molar-refractivity contribution in [2.24, 2.45) is 5.92 Å². The minimum atomic E-state index is -0.625. The van der Waals surface area contributed by atoms with Crippen LogP contribution >= 0.6 is 0 Å². The Bertz CT molecular complexity index is 302. The summed E-state index contributed by atoms with van der Waals surface area (Å²) in [5.74, 6) is -0.947. The molecule has 0 saturated carbocycles. The van der Waals surface area contributed by atoms with Crippen LogP contribution in [-0.4, -0.2) is 36.9 Å². The van der Waals surface area contributed by atoms with Crippen LogP contribution in [0.15, 0.2) is 0 Å². The molecule has 98 valence electrons. The summed E-state index contributed by atoms with van der Waals surface area (Å²) in [5, 5.41) is 7.55. The number of carbonyl (C=O) groups is 3. The second kappa shape index (κ2) is 6.88. The zero-order valence-corrected chi connectivity index (χ0v) is 11.0. The molecule has 2 atom stereocenters. The van der Waals surface area contributed by atoms with E-state index in [2.05, 4.69) is 16.0 Å². The van der Waals surface area contributed by atoms with Gasteiger partial charge in [0.05, 0.1) is 0 Å². The minimum Gasteiger partial charge on any atom is -0.357 e. The van der Waals surface area contributed by atoms with Crippen molar-refractivity contribution in [2.45, 2.75) is 39.8 Å². The van der Waals surface area contributed by atoms with Crippen LogP contribution in [0.4, 0.5) is 0 Å². The van der Waals surface area contributed by atoms with Crippen molar-refractivity contribution in [3.8, 4) is 0 Å². The Hall–Kier alpha value is -1.59. The van der Waals surface area contributed by atoms with Gasteiger partial charge in [0.1, 0.15) is 12.1 Å². The largest absolute Gasteiger partial charge is 0.357 e. The molecule has 3 amide bonds. The molecule has 0 saturated heterocycles. The van der Waals surface area contributed by atoms with Crippen molar-refractivity contribution in [3.05, 3.63) is 0 Å². The quantitative estimate of drug-likeness (QED) is 0.602. The van der Waals surface area contributed by atoms with E-state index in [1.165, 1.54) is 14.0 Å². The molecule has 0 fully saturated rings. The molecule has 0 aromatic rings. The summed E-state index contributed by atoms with van der Waals surface area (Å²) in [7, 11) is 1.50. The van der Waals surface area contributed by atoms with Gasteiger partial charge in [0.15, 0.2) is 0 Å². The van der Waals surface area contributed by atoms with Gasteiger partial charge in [0.2, 0.25) is 17.7 Å². The average molecular weight is 243 g/mol. The van der Waals surface area contributed by atoms with Crippen molar-refractivity contribution in [1.82, 2.24) is 16.0 Å². The minimum absolute atomic E-state index is 0.0456. The highest BCUT2D eigenvalue weighted by Gasteiger charge is 2.25. The van der Waals surface area contributed by atoms with Gasteiger partial charge in [0.25, 0.3) is 0 Å². The third kappa shape index (κ3) is 5.33. The smallest absolute Gasteiger partial charge is 0.243 e. The van der Waals surface area contributed by atoms with Crippen LogP contribution in [0.5, 0.6) is 0 Å². The van der Waals surface area contributed by atoms with Gasteiger partial charge in [-0.25, -0.2) is 0 Å². The van der Waals surface area contributed by atoms with Crippen LogP contribution in [0.25, 0.3) is 0 Å². The fourth-order valence-electron chi connectivity index (χ4n) is 1.34. The highest BCUT2D eigenvalue weighted by Crippen LogP contribution is 2.02. The Morgan fingerprint density at radius 2 is 1.47 bits per heavy atom. The van der Waals surface area contributed by atoms with Crippen molar-refractivity contribution in [1.29, 1.82) is 0 Å². The molecule has 0 spiro atoms. The maximum Gasteiger partial charge on any atom is 0.243 e. The number of hydrogen-bond donors (Lipinski definition) is 3. The Balaban J connectivity index is 4.53. The maximum absolute atomic E-state index is 11.8. The predicted molar refractivity (Wildman–Crippen MR) is 64.1 cm³/mol. The Labute approximate surface area is 102 Å². The van der Waals surface area contributed by atoms with E-state index in [1.54, 1.807) is 6.92 Å². The summed E-state index contributed by atoms with van der Waals surface area (Å²) in [4.78, 5) is 34.1. The first-order valence-electron chi connectivity index (χ1n) is 5.58. The number of amides is 3. The molecule has 0 aliphatic heterocycles. The van der Waals surface area contributed by atoms with Gasteiger partial charge in [-0.05, 0) is 12.8 Å². The molecule has 0 rings (SSSR count). The summed E-state index contributed by atoms with van der Waals surface area (Å²) < 4.78 is 0. The second-order valence-corrected chi connectivity index (χ2v) is 4.27. The lowest BCUT2D eigenvalue weighted by atomic mass is 10.0. The standard InChI is InChI=1S/C11H21N3O3/c1-6(2)9(14-8(4)15)11(17)13-7(3)10(16)12-5/h6-7,9H,1-5H3,(H,12,16)(H,13,17)(H,14,15)/t7-,9-/m1/s1. The Kier molecular flexibility index (Phi) is 6.23. The predicted octanol–water partition coefficient (Wildman–Crippen LogP) is -0.602. The lowest BCUT2D eigenvalue weighted by Crippen LogP contribution is -2.53. The molecule has 0 aliphatic rings. The molecular weight excluding hydrogens is 222 g/mol. The maximum atomic E-state index is 11.8. The van der Waals surface area contributed by atoms with E-state index in [1.807, 2.05) is 13.8 Å². The van der Waals surface area contributed by atoms with E-state index < -0.39 is 12.1 Å². The van der Waals surface area contributed by atoms with Gasteiger partial charge in [-0.1, -0.05) is 13.8 Å². The number of nitrogens with one attached hydrogen (secondary N) is 3. The summed E-state index contributed by atoms with van der Waals surface area (Å²) in [6.45, 7) is 6.59. The Morgan fingerprint density at radius 1 is 0.941 bits per heavy atom. The summed E-state index contributed by atoms with van der Waals surface area (Å²) in [6.07, 6.45) is 0. The molecule has 0 unspecified atom stereocenters. The number of rotatable bonds is 5. The zero-order valence-electron chi connectivity index (χ0n) is 11.0. The normalized spacial score (nSPS) is 13.8. The lowest BCUT2D eigenvalue weighted by molar-refractivity contribution is -0.132. The molecule has 0 aliphatic carbocycles. The number of hydrogen-bond acceptors (Lipinski definition) is 3. The van der Waals surface area contributed by atoms with Gasteiger partial charge >= 0.3 is 0 Å². The summed E-state index contributed by atoms with van der Waals surface area (Å²) in [6, 6.07) is -1.25. The molecular formula is C11H21N3O3. The average Bonchev–Trinajstić information content (AvgIpc) is 2.23. The van der Waals surface area contributed by atoms with Crippen molar-refractivity contribution in [3.63, 3.8) is 0 Å². The topological polar surface area (TPSA) is 87.3 Å². The highest BCUT2D eigenvalue weighted by atomic mass is 16.2. The molecule has 0 heterocycles. The summed E-state index contributed by atoms with van der Waals surface area (Å²) in [5.41, 5.74) is 0. The van der Waals surface area contributed by atoms with Crippen LogP contribution in [0.1, 0.15) is 27.7 Å². The van der Waals surface area contributed by atoms with Crippen LogP contribution in [0.3, 0.4) is 0 Å². The fraction of sp³-hybridized carbons (Fsp3) is 0.727. The van der Waals surface area contributed by atoms with Crippen molar-refractivity contribution in [2.75, 3.05) is 7.05 Å². The number of carbonyl (C=O) groups excluding carboxylic acids is 3. The first-order chi connectivity index (χ1) is 7.79. The van der Waals surface area contributed by atoms with E-state index in [-0.39, 0.29) is 23.6 Å². The summed E-state index contributed by atoms with van der Waals surface area (Å²) >= 11 is 0. The van der Waals surface area contributed by atoms with Crippen LogP contribution in [0.2, 0.25) is 0 Å². The van der Waals surface area contributed by atoms with Gasteiger partial charge < -0.3 is 16.0 Å². The van der Waals surface area contributed by atoms with E-state index >= 15 is 0 Å². The van der Waals surface area contributed by atoms with Crippen LogP contribution in [-0.2, 0) is 14.4 Å². The molecule has 0 bridgehead atoms. The van der Waals surface area contributed by atoms with Gasteiger partial charge in [-0.2, -0.15) is 0 Å². The molecule has 6 heteroatoms. The molecule has 0 radical (unpaired) electrons. The first kappa shape index (κ1) is 15.4. The van der Waals surface area contributed by atoms with Gasteiger partial charge in [0, 0.05) is 14.0 Å². The van der Waals surface area contributed by atoms with Crippen LogP contribution in [0, 0.1) is 5.92 Å². The monoisotopic (exact) mass is 243 g/mol. The number of likely N-dealkylation sites (N-methyl/N-ethyl adjacent to an activating group) is 1. The fourth-order valence-corrected chi connectivity index (χ4v) is 1.34. The van der Waals surface area contributed by atoms with Crippen molar-refractivity contribution < 1.29 is 14.4 Å². The highest BCUT2D eigenvalue weighted by molar-refractivity contribution is 5.91. The van der Waals surface area contributed by atoms with E-state index in [0.29, 0.717) is 0 Å². The zero-order chi connectivity index (χ0) is 13.6. The van der Waals surface area contributed by atoms with E-state index in [9.17, 15) is 14.4 Å². The van der Waals surface area contributed by atoms with E-state index in [0.717, 1.165) is 0 Å². The lowest BCUT2D eigenvalue weighted by Gasteiger charge is -2.22. The molecule has 6 nitrogen and oxygen atoms in total. The molecule has 17 heavy (non-hydrogen) atoms. The second-order valence-electron chi connectivity index (χ2n) is 4.27. The van der Waals surface area contributed by atoms with Crippen molar-refractivity contribution >= 4 is 17.7 Å². The molecule has 3 N–H and O–H groups in total. The van der Waals surface area contributed by atoms with Crippen LogP contribution < -0.4 is 16.0 Å². The van der Waals surface area contributed by atoms with E-state index in [4.69, 9.17) is 0 Å². The van der Waals surface area contributed by atoms with Gasteiger partial charge in [-0.15, -0.1) is 0 Å². The third-order valence-electron chi connectivity index (χ3n) is 2.31. The molecule has 0 aromatic heterocycles. The molecule has 0 aromatic carbocycles. The SMILES string of the molecule is CNC(=O)[C@@H](C)NC(=O)[C@H](NC(C)=O)C(C)C. The van der Waals surface area contributed by atoms with Gasteiger partial charge in [-0.3, -0.25) is 14.4 Å². The first-order valence-corrected chi connectivity index (χ1v) is 5.58. The third-order valence-corrected chi connectivity index (χ3v) is 2.31. The Morgan fingerprint density at radius 3 is 1.82 bits per heavy atom.